The molecule has 0 bridgehead atoms. The monoisotopic (exact) mass is 542 g/mol. The zero-order valence-electron chi connectivity index (χ0n) is 20.8. The van der Waals surface area contributed by atoms with E-state index >= 15 is 0 Å². The van der Waals surface area contributed by atoms with Gasteiger partial charge in [-0.05, 0) is 78.8 Å². The molecule has 0 aliphatic rings. The van der Waals surface area contributed by atoms with Gasteiger partial charge in [0.1, 0.15) is 0 Å². The molecule has 0 fully saturated rings. The summed E-state index contributed by atoms with van der Waals surface area (Å²) in [4.78, 5) is 0. The highest BCUT2D eigenvalue weighted by Crippen LogP contribution is 2.38. The molecule has 0 unspecified atom stereocenters. The van der Waals surface area contributed by atoms with E-state index in [9.17, 15) is 26.3 Å². The Morgan fingerprint density at radius 1 is 0.375 bits per heavy atom. The molecule has 0 nitrogen and oxygen atoms in total. The van der Waals surface area contributed by atoms with E-state index in [2.05, 4.69) is 0 Å². The van der Waals surface area contributed by atoms with Crippen LogP contribution in [0.2, 0.25) is 0 Å². The molecule has 0 spiro atoms. The molecule has 0 heterocycles. The van der Waals surface area contributed by atoms with E-state index in [0.29, 0.717) is 11.1 Å². The van der Waals surface area contributed by atoms with Crippen LogP contribution in [-0.4, -0.2) is 0 Å². The average Bonchev–Trinajstić information content (AvgIpc) is 2.93. The molecular weight excluding hydrogens is 522 g/mol. The van der Waals surface area contributed by atoms with E-state index < -0.39 is 23.5 Å². The summed E-state index contributed by atoms with van der Waals surface area (Å²) in [6.45, 7) is 0. The Morgan fingerprint density at radius 2 is 0.725 bits per heavy atom. The summed E-state index contributed by atoms with van der Waals surface area (Å²) in [6.07, 6.45) is -1.35. The zero-order valence-corrected chi connectivity index (χ0v) is 20.8. The highest BCUT2D eigenvalue weighted by atomic mass is 19.4. The number of hydrogen-bond acceptors (Lipinski definition) is 0. The van der Waals surface area contributed by atoms with Crippen LogP contribution in [0.1, 0.15) is 33.4 Å². The third-order valence-electron chi connectivity index (χ3n) is 7.12. The fourth-order valence-corrected chi connectivity index (χ4v) is 5.08. The lowest BCUT2D eigenvalue weighted by Gasteiger charge is -2.14. The fraction of sp³-hybridized carbons (Fsp3) is 0.0588. The number of alkyl halides is 6. The minimum absolute atomic E-state index is 0.661. The Bertz CT molecular complexity index is 1750. The molecule has 0 aliphatic heterocycles. The van der Waals surface area contributed by atoms with Gasteiger partial charge in [0, 0.05) is 0 Å². The molecule has 0 saturated heterocycles. The van der Waals surface area contributed by atoms with Crippen molar-refractivity contribution in [3.05, 3.63) is 130 Å². The number of rotatable bonds is 4. The van der Waals surface area contributed by atoms with Crippen LogP contribution in [0.5, 0.6) is 0 Å². The van der Waals surface area contributed by atoms with Crippen molar-refractivity contribution in [3.63, 3.8) is 0 Å². The first-order chi connectivity index (χ1) is 19.1. The molecule has 0 N–H and O–H groups in total. The van der Waals surface area contributed by atoms with Gasteiger partial charge in [-0.3, -0.25) is 0 Å². The molecule has 6 aromatic carbocycles. The van der Waals surface area contributed by atoms with Gasteiger partial charge in [-0.15, -0.1) is 0 Å². The maximum Gasteiger partial charge on any atom is 0.416 e. The van der Waals surface area contributed by atoms with Gasteiger partial charge in [-0.2, -0.15) is 26.3 Å². The molecule has 0 aromatic heterocycles. The lowest BCUT2D eigenvalue weighted by atomic mass is 9.89. The molecule has 0 atom stereocenters. The molecule has 0 amide bonds. The van der Waals surface area contributed by atoms with Crippen LogP contribution in [0.4, 0.5) is 26.3 Å². The molecule has 0 aliphatic carbocycles. The summed E-state index contributed by atoms with van der Waals surface area (Å²) < 4.78 is 77.4. The summed E-state index contributed by atoms with van der Waals surface area (Å²) >= 11 is 0. The Morgan fingerprint density at radius 3 is 1.07 bits per heavy atom. The smallest absolute Gasteiger partial charge is 0.166 e. The van der Waals surface area contributed by atoms with Gasteiger partial charge in [0.15, 0.2) is 0 Å². The summed E-state index contributed by atoms with van der Waals surface area (Å²) in [5.74, 6) is 0. The summed E-state index contributed by atoms with van der Waals surface area (Å²) in [5, 5.41) is 6.31. The molecule has 6 rings (SSSR count). The number of halogens is 6. The van der Waals surface area contributed by atoms with Crippen LogP contribution in [0.15, 0.2) is 97.1 Å². The van der Waals surface area contributed by atoms with Gasteiger partial charge < -0.3 is 0 Å². The van der Waals surface area contributed by atoms with E-state index in [-0.39, 0.29) is 0 Å². The Hall–Kier alpha value is -4.58. The van der Waals surface area contributed by atoms with Crippen LogP contribution in [0, 0.1) is 0 Å². The van der Waals surface area contributed by atoms with Gasteiger partial charge in [0.25, 0.3) is 0 Å². The van der Waals surface area contributed by atoms with Gasteiger partial charge in [0.05, 0.1) is 11.1 Å². The summed E-state index contributed by atoms with van der Waals surface area (Å²) in [7, 11) is 0. The van der Waals surface area contributed by atoms with Crippen LogP contribution >= 0.6 is 0 Å². The maximum atomic E-state index is 12.9. The quantitative estimate of drug-likeness (QED) is 0.118. The standard InChI is InChI=1S/C34H20F6/c35-33(36,37)27-15-3-21(4-16-27)1-7-23-9-11-25-14-20-30-24(10-12-26-13-19-29(23)31(25)32(26)30)8-2-22-5-17-28(18-6-22)34(38,39)40/h1-20H/b7-1+,8-2+. The zero-order chi connectivity index (χ0) is 28.1. The first-order valence-corrected chi connectivity index (χ1v) is 12.5. The molecule has 198 valence electrons. The van der Waals surface area contributed by atoms with Gasteiger partial charge in [0.2, 0.25) is 0 Å². The minimum atomic E-state index is -4.37. The lowest BCUT2D eigenvalue weighted by Crippen LogP contribution is -2.03. The predicted molar refractivity (Wildman–Crippen MR) is 151 cm³/mol. The highest BCUT2D eigenvalue weighted by Gasteiger charge is 2.30. The second-order valence-corrected chi connectivity index (χ2v) is 9.64. The Labute approximate surface area is 225 Å². The molecule has 0 radical (unpaired) electrons. The molecule has 0 saturated carbocycles. The first kappa shape index (κ1) is 25.7. The van der Waals surface area contributed by atoms with E-state index in [1.165, 1.54) is 24.3 Å². The summed E-state index contributed by atoms with van der Waals surface area (Å²) in [6, 6.07) is 26.3. The molecular formula is C34H20F6. The average molecular weight is 543 g/mol. The summed E-state index contributed by atoms with van der Waals surface area (Å²) in [5.41, 5.74) is 1.83. The van der Waals surface area contributed by atoms with Crippen molar-refractivity contribution in [2.24, 2.45) is 0 Å². The van der Waals surface area contributed by atoms with E-state index in [1.54, 1.807) is 12.2 Å². The van der Waals surface area contributed by atoms with Gasteiger partial charge in [-0.1, -0.05) is 97.1 Å². The van der Waals surface area contributed by atoms with E-state index in [4.69, 9.17) is 0 Å². The van der Waals surface area contributed by atoms with Crippen molar-refractivity contribution in [3.8, 4) is 0 Å². The van der Waals surface area contributed by atoms with Crippen molar-refractivity contribution in [1.82, 2.24) is 0 Å². The van der Waals surface area contributed by atoms with Crippen LogP contribution in [0.25, 0.3) is 56.6 Å². The third-order valence-corrected chi connectivity index (χ3v) is 7.12. The number of hydrogen-bond donors (Lipinski definition) is 0. The largest absolute Gasteiger partial charge is 0.416 e. The van der Waals surface area contributed by atoms with Crippen molar-refractivity contribution in [2.75, 3.05) is 0 Å². The second kappa shape index (κ2) is 9.56. The second-order valence-electron chi connectivity index (χ2n) is 9.64. The highest BCUT2D eigenvalue weighted by molar-refractivity contribution is 6.25. The van der Waals surface area contributed by atoms with Crippen molar-refractivity contribution >= 4 is 56.6 Å². The fourth-order valence-electron chi connectivity index (χ4n) is 5.08. The molecule has 6 aromatic rings. The minimum Gasteiger partial charge on any atom is -0.166 e. The van der Waals surface area contributed by atoms with E-state index in [1.807, 2.05) is 60.7 Å². The van der Waals surface area contributed by atoms with Gasteiger partial charge >= 0.3 is 12.4 Å². The van der Waals surface area contributed by atoms with Crippen molar-refractivity contribution in [1.29, 1.82) is 0 Å². The predicted octanol–water partition coefficient (Wildman–Crippen LogP) is 11.0. The van der Waals surface area contributed by atoms with Crippen LogP contribution in [-0.2, 0) is 12.4 Å². The normalized spacial score (nSPS) is 13.1. The topological polar surface area (TPSA) is 0 Å². The van der Waals surface area contributed by atoms with Crippen LogP contribution in [0.3, 0.4) is 0 Å². The van der Waals surface area contributed by atoms with Crippen molar-refractivity contribution < 1.29 is 26.3 Å². The van der Waals surface area contributed by atoms with Gasteiger partial charge in [-0.25, -0.2) is 0 Å². The molecule has 40 heavy (non-hydrogen) atoms. The SMILES string of the molecule is FC(F)(F)c1ccc(/C=C/c2ccc3ccc4c(/C=C/c5ccc(C(F)(F)F)cc5)ccc5ccc2c3c54)cc1. The van der Waals surface area contributed by atoms with Crippen LogP contribution < -0.4 is 0 Å². The third kappa shape index (κ3) is 4.81. The maximum absolute atomic E-state index is 12.9. The first-order valence-electron chi connectivity index (χ1n) is 12.5. The van der Waals surface area contributed by atoms with E-state index in [0.717, 1.165) is 67.7 Å². The molecule has 6 heteroatoms. The Kier molecular flexibility index (Phi) is 6.14. The number of benzene rings is 6. The lowest BCUT2D eigenvalue weighted by molar-refractivity contribution is -0.138. The Balaban J connectivity index is 1.39. The van der Waals surface area contributed by atoms with Crippen molar-refractivity contribution in [2.45, 2.75) is 12.4 Å².